The van der Waals surface area contributed by atoms with Gasteiger partial charge < -0.3 is 15.2 Å². The molecule has 7 heteroatoms. The van der Waals surface area contributed by atoms with E-state index in [0.29, 0.717) is 11.4 Å². The molecule has 0 fully saturated rings. The van der Waals surface area contributed by atoms with Crippen LogP contribution in [0.5, 0.6) is 11.5 Å². The van der Waals surface area contributed by atoms with Crippen molar-refractivity contribution in [3.05, 3.63) is 53.6 Å². The summed E-state index contributed by atoms with van der Waals surface area (Å²) in [4.78, 5) is 12.3. The topological polar surface area (TPSA) is 92.7 Å². The summed E-state index contributed by atoms with van der Waals surface area (Å²) < 4.78 is 27.6. The summed E-state index contributed by atoms with van der Waals surface area (Å²) in [5, 5.41) is 12.5. The van der Waals surface area contributed by atoms with Gasteiger partial charge in [-0.2, -0.15) is 0 Å². The number of phenols is 1. The van der Waals surface area contributed by atoms with Crippen molar-refractivity contribution in [1.82, 2.24) is 0 Å². The van der Waals surface area contributed by atoms with E-state index in [2.05, 4.69) is 5.32 Å². The van der Waals surface area contributed by atoms with Crippen molar-refractivity contribution in [2.75, 3.05) is 23.9 Å². The second-order valence-corrected chi connectivity index (χ2v) is 7.74. The summed E-state index contributed by atoms with van der Waals surface area (Å²) in [7, 11) is -3.09. The number of carbonyl (C=O) groups excluding carboxylic acids is 1. The van der Waals surface area contributed by atoms with E-state index in [4.69, 9.17) is 4.74 Å². The Labute approximate surface area is 141 Å². The number of rotatable bonds is 6. The molecule has 0 atom stereocenters. The number of hydrogen-bond acceptors (Lipinski definition) is 5. The summed E-state index contributed by atoms with van der Waals surface area (Å²) in [6, 6.07) is 11.4. The molecule has 128 valence electrons. The Balaban J connectivity index is 2.06. The molecule has 0 saturated heterocycles. The maximum Gasteiger partial charge on any atom is 0.259 e. The minimum atomic E-state index is -3.09. The van der Waals surface area contributed by atoms with Crippen molar-refractivity contribution in [2.45, 2.75) is 6.92 Å². The van der Waals surface area contributed by atoms with Gasteiger partial charge in [-0.25, -0.2) is 8.42 Å². The molecule has 2 rings (SSSR count). The molecule has 0 aromatic heterocycles. The first-order valence-corrected chi connectivity index (χ1v) is 9.32. The zero-order valence-corrected chi connectivity index (χ0v) is 14.3. The zero-order valence-electron chi connectivity index (χ0n) is 13.4. The number of amides is 1. The van der Waals surface area contributed by atoms with E-state index in [-0.39, 0.29) is 23.7 Å². The molecule has 0 aliphatic rings. The van der Waals surface area contributed by atoms with E-state index < -0.39 is 15.7 Å². The Morgan fingerprint density at radius 3 is 2.67 bits per heavy atom. The number of benzene rings is 2. The molecule has 0 saturated carbocycles. The molecule has 0 bridgehead atoms. The first-order valence-electron chi connectivity index (χ1n) is 7.26. The SMILES string of the molecule is Cc1ccc(O)c(C(=O)Nc2cccc(OCCS(C)(=O)=O)c2)c1. The van der Waals surface area contributed by atoms with Crippen LogP contribution < -0.4 is 10.1 Å². The molecule has 0 aliphatic carbocycles. The molecule has 1 amide bonds. The van der Waals surface area contributed by atoms with Crippen LogP contribution in [0.2, 0.25) is 0 Å². The van der Waals surface area contributed by atoms with Gasteiger partial charge in [-0.05, 0) is 31.2 Å². The van der Waals surface area contributed by atoms with Gasteiger partial charge in [-0.15, -0.1) is 0 Å². The van der Waals surface area contributed by atoms with Gasteiger partial charge in [-0.1, -0.05) is 17.7 Å². The number of aryl methyl sites for hydroxylation is 1. The number of sulfone groups is 1. The molecule has 0 radical (unpaired) electrons. The van der Waals surface area contributed by atoms with Gasteiger partial charge >= 0.3 is 0 Å². The minimum absolute atomic E-state index is 0.0366. The first kappa shape index (κ1) is 17.8. The van der Waals surface area contributed by atoms with E-state index in [0.717, 1.165) is 11.8 Å². The molecule has 2 aromatic rings. The Hall–Kier alpha value is -2.54. The van der Waals surface area contributed by atoms with Crippen LogP contribution in [0.1, 0.15) is 15.9 Å². The summed E-state index contributed by atoms with van der Waals surface area (Å²) in [6.45, 7) is 1.86. The fourth-order valence-corrected chi connectivity index (χ4v) is 2.39. The van der Waals surface area contributed by atoms with Crippen LogP contribution in [0.4, 0.5) is 5.69 Å². The molecule has 0 heterocycles. The van der Waals surface area contributed by atoms with E-state index in [9.17, 15) is 18.3 Å². The van der Waals surface area contributed by atoms with Crippen LogP contribution in [0.25, 0.3) is 0 Å². The van der Waals surface area contributed by atoms with Gasteiger partial charge in [0.15, 0.2) is 9.84 Å². The van der Waals surface area contributed by atoms with Gasteiger partial charge in [0.05, 0.1) is 11.3 Å². The van der Waals surface area contributed by atoms with E-state index in [1.165, 1.54) is 6.07 Å². The average molecular weight is 349 g/mol. The molecular weight excluding hydrogens is 330 g/mol. The lowest BCUT2D eigenvalue weighted by Gasteiger charge is -2.10. The summed E-state index contributed by atoms with van der Waals surface area (Å²) in [6.07, 6.45) is 1.14. The monoisotopic (exact) mass is 349 g/mol. The summed E-state index contributed by atoms with van der Waals surface area (Å²) in [5.74, 6) is -0.172. The highest BCUT2D eigenvalue weighted by atomic mass is 32.2. The fourth-order valence-electron chi connectivity index (χ4n) is 2.00. The van der Waals surface area contributed by atoms with Crippen molar-refractivity contribution < 1.29 is 23.1 Å². The highest BCUT2D eigenvalue weighted by Gasteiger charge is 2.12. The Morgan fingerprint density at radius 1 is 1.21 bits per heavy atom. The lowest BCUT2D eigenvalue weighted by Crippen LogP contribution is -2.13. The van der Waals surface area contributed by atoms with Crippen molar-refractivity contribution in [1.29, 1.82) is 0 Å². The predicted octanol–water partition coefficient (Wildman–Crippen LogP) is 2.38. The number of aromatic hydroxyl groups is 1. The molecule has 0 unspecified atom stereocenters. The van der Waals surface area contributed by atoms with Crippen LogP contribution >= 0.6 is 0 Å². The van der Waals surface area contributed by atoms with Crippen molar-refractivity contribution in [3.63, 3.8) is 0 Å². The summed E-state index contributed by atoms with van der Waals surface area (Å²) >= 11 is 0. The number of phenolic OH excluding ortho intramolecular Hbond substituents is 1. The van der Waals surface area contributed by atoms with Gasteiger partial charge in [0, 0.05) is 18.0 Å². The first-order chi connectivity index (χ1) is 11.2. The van der Waals surface area contributed by atoms with Gasteiger partial charge in [0.1, 0.15) is 18.1 Å². The molecule has 6 nitrogen and oxygen atoms in total. The van der Waals surface area contributed by atoms with Crippen molar-refractivity contribution in [3.8, 4) is 11.5 Å². The maximum absolute atomic E-state index is 12.3. The zero-order chi connectivity index (χ0) is 17.7. The summed E-state index contributed by atoms with van der Waals surface area (Å²) in [5.41, 5.74) is 1.52. The Kier molecular flexibility index (Phi) is 5.46. The number of nitrogens with one attached hydrogen (secondary N) is 1. The number of hydrogen-bond donors (Lipinski definition) is 2. The van der Waals surface area contributed by atoms with Gasteiger partial charge in [-0.3, -0.25) is 4.79 Å². The fraction of sp³-hybridized carbons (Fsp3) is 0.235. The number of carbonyl (C=O) groups is 1. The number of anilines is 1. The van der Waals surface area contributed by atoms with E-state index >= 15 is 0 Å². The second-order valence-electron chi connectivity index (χ2n) is 5.48. The quantitative estimate of drug-likeness (QED) is 0.835. The van der Waals surface area contributed by atoms with E-state index in [1.807, 2.05) is 6.92 Å². The van der Waals surface area contributed by atoms with E-state index in [1.54, 1.807) is 36.4 Å². The van der Waals surface area contributed by atoms with Crippen LogP contribution in [-0.4, -0.2) is 38.0 Å². The lowest BCUT2D eigenvalue weighted by atomic mass is 10.1. The highest BCUT2D eigenvalue weighted by molar-refractivity contribution is 7.90. The molecule has 0 spiro atoms. The van der Waals surface area contributed by atoms with Gasteiger partial charge in [0.25, 0.3) is 5.91 Å². The molecular formula is C17H19NO5S. The second kappa shape index (κ2) is 7.35. The minimum Gasteiger partial charge on any atom is -0.507 e. The number of ether oxygens (including phenoxy) is 1. The third-order valence-electron chi connectivity index (χ3n) is 3.21. The predicted molar refractivity (Wildman–Crippen MR) is 92.4 cm³/mol. The van der Waals surface area contributed by atoms with Crippen molar-refractivity contribution >= 4 is 21.4 Å². The van der Waals surface area contributed by atoms with Crippen LogP contribution in [0.3, 0.4) is 0 Å². The standard InChI is InChI=1S/C17H19NO5S/c1-12-6-7-16(19)15(10-12)17(20)18-13-4-3-5-14(11-13)23-8-9-24(2,21)22/h3-7,10-11,19H,8-9H2,1-2H3,(H,18,20). The van der Waals surface area contributed by atoms with Crippen LogP contribution in [0.15, 0.2) is 42.5 Å². The maximum atomic E-state index is 12.3. The highest BCUT2D eigenvalue weighted by Crippen LogP contribution is 2.22. The van der Waals surface area contributed by atoms with Crippen LogP contribution in [0, 0.1) is 6.92 Å². The van der Waals surface area contributed by atoms with Crippen molar-refractivity contribution in [2.24, 2.45) is 0 Å². The largest absolute Gasteiger partial charge is 0.507 e. The molecule has 0 aliphatic heterocycles. The average Bonchev–Trinajstić information content (AvgIpc) is 2.49. The molecule has 2 N–H and O–H groups in total. The Morgan fingerprint density at radius 2 is 1.96 bits per heavy atom. The van der Waals surface area contributed by atoms with Gasteiger partial charge in [0.2, 0.25) is 0 Å². The lowest BCUT2D eigenvalue weighted by molar-refractivity contribution is 0.102. The third-order valence-corrected chi connectivity index (χ3v) is 4.12. The molecule has 24 heavy (non-hydrogen) atoms. The van der Waals surface area contributed by atoms with Crippen LogP contribution in [-0.2, 0) is 9.84 Å². The smallest absolute Gasteiger partial charge is 0.259 e. The third kappa shape index (κ3) is 5.27. The Bertz CT molecular complexity index is 846. The normalized spacial score (nSPS) is 11.1. The molecule has 2 aromatic carbocycles.